The number of esters is 1. The molecule has 2 heterocycles. The van der Waals surface area contributed by atoms with Gasteiger partial charge in [-0.05, 0) is 63.5 Å². The SMILES string of the molecule is CCOC(=O)C1CCN(C(=O)C2COC3(CCC(C)CC3)N2C(=O)c2ccc(F)cc2F)CC1. The predicted molar refractivity (Wildman–Crippen MR) is 119 cm³/mol. The Balaban J connectivity index is 1.56. The summed E-state index contributed by atoms with van der Waals surface area (Å²) in [4.78, 5) is 42.3. The average Bonchev–Trinajstić information content (AvgIpc) is 3.19. The number of benzene rings is 1. The van der Waals surface area contributed by atoms with E-state index in [1.54, 1.807) is 11.8 Å². The molecule has 1 aliphatic carbocycles. The van der Waals surface area contributed by atoms with E-state index in [0.717, 1.165) is 25.0 Å². The maximum atomic E-state index is 14.6. The van der Waals surface area contributed by atoms with Crippen molar-refractivity contribution in [1.29, 1.82) is 0 Å². The van der Waals surface area contributed by atoms with E-state index in [2.05, 4.69) is 6.92 Å². The highest BCUT2D eigenvalue weighted by Crippen LogP contribution is 2.43. The molecule has 4 rings (SSSR count). The van der Waals surface area contributed by atoms with Crippen LogP contribution >= 0.6 is 0 Å². The van der Waals surface area contributed by atoms with Crippen LogP contribution in [-0.4, -0.2) is 65.7 Å². The normalized spacial score (nSPS) is 27.8. The van der Waals surface area contributed by atoms with Gasteiger partial charge in [0.2, 0.25) is 5.91 Å². The fraction of sp³-hybridized carbons (Fsp3) is 0.640. The van der Waals surface area contributed by atoms with Gasteiger partial charge in [0.05, 0.1) is 24.7 Å². The maximum Gasteiger partial charge on any atom is 0.309 e. The number of halogens is 2. The third-order valence-corrected chi connectivity index (χ3v) is 7.41. The number of likely N-dealkylation sites (tertiary alicyclic amines) is 1. The molecule has 9 heteroatoms. The molecule has 0 N–H and O–H groups in total. The minimum Gasteiger partial charge on any atom is -0.466 e. The van der Waals surface area contributed by atoms with Crippen LogP contribution in [-0.2, 0) is 19.1 Å². The first-order chi connectivity index (χ1) is 16.3. The third kappa shape index (κ3) is 4.67. The van der Waals surface area contributed by atoms with Gasteiger partial charge in [0, 0.05) is 19.2 Å². The van der Waals surface area contributed by atoms with E-state index in [-0.39, 0.29) is 30.0 Å². The number of carbonyl (C=O) groups excluding carboxylic acids is 3. The summed E-state index contributed by atoms with van der Waals surface area (Å²) >= 11 is 0. The summed E-state index contributed by atoms with van der Waals surface area (Å²) in [7, 11) is 0. The number of nitrogens with zero attached hydrogens (tertiary/aromatic N) is 2. The highest BCUT2D eigenvalue weighted by Gasteiger charge is 2.54. The molecule has 0 radical (unpaired) electrons. The van der Waals surface area contributed by atoms with E-state index in [0.29, 0.717) is 57.4 Å². The zero-order chi connectivity index (χ0) is 24.5. The zero-order valence-corrected chi connectivity index (χ0v) is 19.7. The van der Waals surface area contributed by atoms with Crippen molar-refractivity contribution in [2.75, 3.05) is 26.3 Å². The molecule has 34 heavy (non-hydrogen) atoms. The van der Waals surface area contributed by atoms with Crippen LogP contribution in [0, 0.1) is 23.5 Å². The Morgan fingerprint density at radius 3 is 2.41 bits per heavy atom. The second kappa shape index (κ2) is 9.98. The molecule has 1 unspecified atom stereocenters. The van der Waals surface area contributed by atoms with Crippen molar-refractivity contribution in [3.05, 3.63) is 35.4 Å². The monoisotopic (exact) mass is 478 g/mol. The molecule has 0 aromatic heterocycles. The van der Waals surface area contributed by atoms with Gasteiger partial charge in [-0.15, -0.1) is 0 Å². The van der Waals surface area contributed by atoms with Crippen LogP contribution < -0.4 is 0 Å². The van der Waals surface area contributed by atoms with Crippen molar-refractivity contribution in [2.45, 2.75) is 64.1 Å². The molecule has 1 aromatic carbocycles. The highest BCUT2D eigenvalue weighted by molar-refractivity contribution is 5.98. The minimum atomic E-state index is -0.978. The average molecular weight is 479 g/mol. The number of carbonyl (C=O) groups is 3. The summed E-state index contributed by atoms with van der Waals surface area (Å²) in [6, 6.07) is 1.94. The Labute approximate surface area is 198 Å². The molecule has 1 atom stereocenters. The van der Waals surface area contributed by atoms with Crippen molar-refractivity contribution in [2.24, 2.45) is 11.8 Å². The fourth-order valence-electron chi connectivity index (χ4n) is 5.37. The Morgan fingerprint density at radius 1 is 1.12 bits per heavy atom. The number of piperidine rings is 1. The Bertz CT molecular complexity index is 939. The lowest BCUT2D eigenvalue weighted by atomic mass is 9.83. The molecule has 3 fully saturated rings. The lowest BCUT2D eigenvalue weighted by molar-refractivity contribution is -0.152. The van der Waals surface area contributed by atoms with Crippen LogP contribution in [0.2, 0.25) is 0 Å². The molecule has 2 aliphatic heterocycles. The van der Waals surface area contributed by atoms with Crippen molar-refractivity contribution >= 4 is 17.8 Å². The quantitative estimate of drug-likeness (QED) is 0.619. The number of hydrogen-bond donors (Lipinski definition) is 0. The van der Waals surface area contributed by atoms with E-state index in [9.17, 15) is 23.2 Å². The van der Waals surface area contributed by atoms with Crippen LogP contribution in [0.15, 0.2) is 18.2 Å². The van der Waals surface area contributed by atoms with Gasteiger partial charge < -0.3 is 14.4 Å². The standard InChI is InChI=1S/C25H32F2N2O5/c1-3-33-24(32)17-8-12-28(13-9-17)23(31)21-15-34-25(10-6-16(2)7-11-25)29(21)22(30)19-5-4-18(26)14-20(19)27/h4-5,14,16-17,21H,3,6-13,15H2,1-2H3. The summed E-state index contributed by atoms with van der Waals surface area (Å²) in [5.74, 6) is -2.70. The smallest absolute Gasteiger partial charge is 0.309 e. The molecule has 0 bridgehead atoms. The molecule has 1 spiro atoms. The number of hydrogen-bond acceptors (Lipinski definition) is 5. The fourth-order valence-corrected chi connectivity index (χ4v) is 5.37. The zero-order valence-electron chi connectivity index (χ0n) is 19.7. The summed E-state index contributed by atoms with van der Waals surface area (Å²) in [6.45, 7) is 4.97. The highest BCUT2D eigenvalue weighted by atomic mass is 19.1. The van der Waals surface area contributed by atoms with Gasteiger partial charge in [0.15, 0.2) is 0 Å². The molecule has 1 aromatic rings. The molecule has 2 amide bonds. The summed E-state index contributed by atoms with van der Waals surface area (Å²) in [5.41, 5.74) is -1.25. The Kier molecular flexibility index (Phi) is 7.21. The largest absolute Gasteiger partial charge is 0.466 e. The molecule has 3 aliphatic rings. The lowest BCUT2D eigenvalue weighted by Gasteiger charge is -2.43. The van der Waals surface area contributed by atoms with E-state index >= 15 is 0 Å². The first kappa shape index (κ1) is 24.6. The summed E-state index contributed by atoms with van der Waals surface area (Å²) in [5, 5.41) is 0. The molecule has 186 valence electrons. The maximum absolute atomic E-state index is 14.6. The van der Waals surface area contributed by atoms with Gasteiger partial charge in [-0.1, -0.05) is 6.92 Å². The molecular formula is C25H32F2N2O5. The third-order valence-electron chi connectivity index (χ3n) is 7.41. The van der Waals surface area contributed by atoms with Crippen molar-refractivity contribution in [3.8, 4) is 0 Å². The van der Waals surface area contributed by atoms with Crippen LogP contribution in [0.1, 0.15) is 62.7 Å². The topological polar surface area (TPSA) is 76.2 Å². The Morgan fingerprint density at radius 2 is 1.79 bits per heavy atom. The van der Waals surface area contributed by atoms with Gasteiger partial charge >= 0.3 is 5.97 Å². The number of rotatable bonds is 4. The Hall–Kier alpha value is -2.55. The van der Waals surface area contributed by atoms with Crippen molar-refractivity contribution in [1.82, 2.24) is 9.80 Å². The predicted octanol–water partition coefficient (Wildman–Crippen LogP) is 3.51. The second-order valence-corrected chi connectivity index (χ2v) is 9.61. The van der Waals surface area contributed by atoms with Gasteiger partial charge in [-0.25, -0.2) is 8.78 Å². The van der Waals surface area contributed by atoms with Gasteiger partial charge in [-0.2, -0.15) is 0 Å². The van der Waals surface area contributed by atoms with E-state index in [4.69, 9.17) is 9.47 Å². The first-order valence-electron chi connectivity index (χ1n) is 12.1. The van der Waals surface area contributed by atoms with Gasteiger partial charge in [0.25, 0.3) is 5.91 Å². The molecule has 2 saturated heterocycles. The second-order valence-electron chi connectivity index (χ2n) is 9.61. The van der Waals surface area contributed by atoms with E-state index < -0.39 is 29.3 Å². The summed E-state index contributed by atoms with van der Waals surface area (Å²) in [6.07, 6.45) is 3.72. The van der Waals surface area contributed by atoms with Crippen LogP contribution in [0.3, 0.4) is 0 Å². The van der Waals surface area contributed by atoms with Gasteiger partial charge in [-0.3, -0.25) is 19.3 Å². The lowest BCUT2D eigenvalue weighted by Crippen LogP contribution is -2.58. The molecule has 1 saturated carbocycles. The van der Waals surface area contributed by atoms with Gasteiger partial charge in [0.1, 0.15) is 23.4 Å². The van der Waals surface area contributed by atoms with Crippen molar-refractivity contribution in [3.63, 3.8) is 0 Å². The van der Waals surface area contributed by atoms with Crippen LogP contribution in [0.5, 0.6) is 0 Å². The van der Waals surface area contributed by atoms with Crippen LogP contribution in [0.4, 0.5) is 8.78 Å². The first-order valence-corrected chi connectivity index (χ1v) is 12.1. The summed E-state index contributed by atoms with van der Waals surface area (Å²) < 4.78 is 39.3. The van der Waals surface area contributed by atoms with E-state index in [1.807, 2.05) is 0 Å². The molecule has 7 nitrogen and oxygen atoms in total. The molecular weight excluding hydrogens is 446 g/mol. The number of amides is 2. The van der Waals surface area contributed by atoms with Crippen LogP contribution in [0.25, 0.3) is 0 Å². The van der Waals surface area contributed by atoms with E-state index in [1.165, 1.54) is 4.90 Å². The minimum absolute atomic E-state index is 0.0274. The number of ether oxygens (including phenoxy) is 2. The van der Waals surface area contributed by atoms with Crippen molar-refractivity contribution < 1.29 is 32.6 Å².